The maximum absolute atomic E-state index is 9.17. The van der Waals surface area contributed by atoms with Crippen molar-refractivity contribution in [2.24, 2.45) is 0 Å². The monoisotopic (exact) mass is 327 g/mol. The zero-order valence-corrected chi connectivity index (χ0v) is 13.9. The van der Waals surface area contributed by atoms with Crippen LogP contribution in [0.15, 0.2) is 54.6 Å². The van der Waals surface area contributed by atoms with E-state index in [0.29, 0.717) is 13.2 Å². The molecule has 1 aliphatic rings. The van der Waals surface area contributed by atoms with Crippen LogP contribution >= 0.6 is 0 Å². The van der Waals surface area contributed by atoms with Crippen LogP contribution in [0.25, 0.3) is 0 Å². The van der Waals surface area contributed by atoms with Gasteiger partial charge in [-0.15, -0.1) is 0 Å². The number of aliphatic hydroxyl groups is 1. The number of rotatable bonds is 7. The van der Waals surface area contributed by atoms with E-state index in [4.69, 9.17) is 14.6 Å². The van der Waals surface area contributed by atoms with Crippen molar-refractivity contribution >= 4 is 0 Å². The summed E-state index contributed by atoms with van der Waals surface area (Å²) in [6.07, 6.45) is 1.83. The third kappa shape index (κ3) is 4.15. The van der Waals surface area contributed by atoms with E-state index in [1.54, 1.807) is 0 Å². The maximum Gasteiger partial charge on any atom is 0.119 e. The van der Waals surface area contributed by atoms with Crippen LogP contribution in [0, 0.1) is 0 Å². The Kier molecular flexibility index (Phi) is 5.86. The van der Waals surface area contributed by atoms with Gasteiger partial charge in [-0.1, -0.05) is 42.5 Å². The van der Waals surface area contributed by atoms with Gasteiger partial charge >= 0.3 is 0 Å². The van der Waals surface area contributed by atoms with Crippen molar-refractivity contribution in [1.82, 2.24) is 5.32 Å². The van der Waals surface area contributed by atoms with E-state index in [9.17, 15) is 0 Å². The minimum atomic E-state index is -0.112. The standard InChI is InChI=1S/C20H25NO3/c22-13-12-21-20(10-14-23-15-11-20)18-6-8-19(9-7-18)24-16-17-4-2-1-3-5-17/h1-9,21-22H,10-16H2. The van der Waals surface area contributed by atoms with Crippen LogP contribution in [-0.4, -0.2) is 31.5 Å². The third-order valence-electron chi connectivity index (χ3n) is 4.58. The maximum atomic E-state index is 9.17. The average molecular weight is 327 g/mol. The second kappa shape index (κ2) is 8.29. The van der Waals surface area contributed by atoms with Crippen LogP contribution in [0.2, 0.25) is 0 Å². The molecule has 4 nitrogen and oxygen atoms in total. The lowest BCUT2D eigenvalue weighted by Gasteiger charge is -2.38. The summed E-state index contributed by atoms with van der Waals surface area (Å²) in [4.78, 5) is 0. The van der Waals surface area contributed by atoms with Gasteiger partial charge in [0.1, 0.15) is 12.4 Å². The number of hydrogen-bond donors (Lipinski definition) is 2. The normalized spacial score (nSPS) is 16.7. The topological polar surface area (TPSA) is 50.7 Å². The summed E-state index contributed by atoms with van der Waals surface area (Å²) in [5.41, 5.74) is 2.28. The predicted octanol–water partition coefficient (Wildman–Crippen LogP) is 2.85. The molecular formula is C20H25NO3. The number of ether oxygens (including phenoxy) is 2. The minimum absolute atomic E-state index is 0.112. The summed E-state index contributed by atoms with van der Waals surface area (Å²) in [6.45, 7) is 2.78. The first-order valence-electron chi connectivity index (χ1n) is 8.53. The van der Waals surface area contributed by atoms with Crippen molar-refractivity contribution in [2.45, 2.75) is 25.0 Å². The molecule has 24 heavy (non-hydrogen) atoms. The summed E-state index contributed by atoms with van der Waals surface area (Å²) in [5, 5.41) is 12.7. The lowest BCUT2D eigenvalue weighted by Crippen LogP contribution is -2.47. The van der Waals surface area contributed by atoms with Crippen LogP contribution in [0.1, 0.15) is 24.0 Å². The van der Waals surface area contributed by atoms with Gasteiger partial charge in [0.05, 0.1) is 6.61 Å². The van der Waals surface area contributed by atoms with Gasteiger partial charge in [0.25, 0.3) is 0 Å². The van der Waals surface area contributed by atoms with Crippen molar-refractivity contribution in [3.8, 4) is 5.75 Å². The summed E-state index contributed by atoms with van der Waals surface area (Å²) in [6, 6.07) is 18.4. The van der Waals surface area contributed by atoms with Crippen LogP contribution in [0.3, 0.4) is 0 Å². The van der Waals surface area contributed by atoms with E-state index < -0.39 is 0 Å². The molecule has 0 radical (unpaired) electrons. The Balaban J connectivity index is 1.67. The smallest absolute Gasteiger partial charge is 0.119 e. The zero-order chi connectivity index (χ0) is 16.7. The molecule has 3 rings (SSSR count). The highest BCUT2D eigenvalue weighted by molar-refractivity contribution is 5.32. The summed E-state index contributed by atoms with van der Waals surface area (Å²) < 4.78 is 11.4. The molecule has 0 bridgehead atoms. The Hall–Kier alpha value is -1.88. The van der Waals surface area contributed by atoms with Crippen molar-refractivity contribution < 1.29 is 14.6 Å². The Morgan fingerprint density at radius 2 is 1.71 bits per heavy atom. The lowest BCUT2D eigenvalue weighted by molar-refractivity contribution is 0.0348. The van der Waals surface area contributed by atoms with Gasteiger partial charge in [-0.25, -0.2) is 0 Å². The molecule has 2 aromatic carbocycles. The highest BCUT2D eigenvalue weighted by Gasteiger charge is 2.33. The minimum Gasteiger partial charge on any atom is -0.489 e. The van der Waals surface area contributed by atoms with Crippen LogP contribution in [0.5, 0.6) is 5.75 Å². The highest BCUT2D eigenvalue weighted by Crippen LogP contribution is 2.33. The Morgan fingerprint density at radius 3 is 2.38 bits per heavy atom. The molecule has 1 saturated heterocycles. The Labute approximate surface area is 143 Å². The van der Waals surface area contributed by atoms with Crippen LogP contribution < -0.4 is 10.1 Å². The average Bonchev–Trinajstić information content (AvgIpc) is 2.67. The fraction of sp³-hybridized carbons (Fsp3) is 0.400. The second-order valence-electron chi connectivity index (χ2n) is 6.14. The first-order valence-corrected chi connectivity index (χ1v) is 8.53. The van der Waals surface area contributed by atoms with Gasteiger partial charge in [-0.3, -0.25) is 0 Å². The zero-order valence-electron chi connectivity index (χ0n) is 13.9. The van der Waals surface area contributed by atoms with Crippen LogP contribution in [-0.2, 0) is 16.9 Å². The summed E-state index contributed by atoms with van der Waals surface area (Å²) >= 11 is 0. The van der Waals surface area contributed by atoms with Gasteiger partial charge in [0.15, 0.2) is 0 Å². The fourth-order valence-electron chi connectivity index (χ4n) is 3.19. The van der Waals surface area contributed by atoms with Crippen molar-refractivity contribution in [2.75, 3.05) is 26.4 Å². The quantitative estimate of drug-likeness (QED) is 0.821. The van der Waals surface area contributed by atoms with Gasteiger partial charge < -0.3 is 19.9 Å². The van der Waals surface area contributed by atoms with Crippen molar-refractivity contribution in [1.29, 1.82) is 0 Å². The Morgan fingerprint density at radius 1 is 1.00 bits per heavy atom. The molecule has 0 unspecified atom stereocenters. The molecule has 4 heteroatoms. The first-order chi connectivity index (χ1) is 11.8. The molecule has 0 atom stereocenters. The SMILES string of the molecule is OCCNC1(c2ccc(OCc3ccccc3)cc2)CCOCC1. The molecule has 0 spiro atoms. The Bertz CT molecular complexity index is 607. The summed E-state index contributed by atoms with van der Waals surface area (Å²) in [5.74, 6) is 0.868. The van der Waals surface area contributed by atoms with Gasteiger partial charge in [0.2, 0.25) is 0 Å². The first kappa shape index (κ1) is 17.0. The number of aliphatic hydroxyl groups excluding tert-OH is 1. The molecule has 0 aliphatic carbocycles. The molecule has 0 aromatic heterocycles. The highest BCUT2D eigenvalue weighted by atomic mass is 16.5. The molecule has 0 amide bonds. The second-order valence-corrected chi connectivity index (χ2v) is 6.14. The summed E-state index contributed by atoms with van der Waals surface area (Å²) in [7, 11) is 0. The van der Waals surface area contributed by atoms with Crippen molar-refractivity contribution in [3.63, 3.8) is 0 Å². The molecule has 2 aromatic rings. The van der Waals surface area contributed by atoms with E-state index in [-0.39, 0.29) is 12.1 Å². The van der Waals surface area contributed by atoms with E-state index in [2.05, 4.69) is 29.6 Å². The van der Waals surface area contributed by atoms with E-state index in [1.165, 1.54) is 5.56 Å². The number of nitrogens with one attached hydrogen (secondary N) is 1. The molecule has 0 saturated carbocycles. The fourth-order valence-corrected chi connectivity index (χ4v) is 3.19. The molecule has 2 N–H and O–H groups in total. The largest absolute Gasteiger partial charge is 0.489 e. The number of benzene rings is 2. The van der Waals surface area contributed by atoms with E-state index in [1.807, 2.05) is 30.3 Å². The molecular weight excluding hydrogens is 302 g/mol. The lowest BCUT2D eigenvalue weighted by atomic mass is 9.82. The molecule has 128 valence electrons. The van der Waals surface area contributed by atoms with Gasteiger partial charge in [-0.05, 0) is 36.1 Å². The third-order valence-corrected chi connectivity index (χ3v) is 4.58. The van der Waals surface area contributed by atoms with Gasteiger partial charge in [-0.2, -0.15) is 0 Å². The molecule has 1 heterocycles. The van der Waals surface area contributed by atoms with Gasteiger partial charge in [0, 0.05) is 25.3 Å². The predicted molar refractivity (Wildman–Crippen MR) is 94.0 cm³/mol. The molecule has 1 aliphatic heterocycles. The van der Waals surface area contributed by atoms with Crippen LogP contribution in [0.4, 0.5) is 0 Å². The van der Waals surface area contributed by atoms with E-state index in [0.717, 1.165) is 37.4 Å². The molecule has 1 fully saturated rings. The van der Waals surface area contributed by atoms with E-state index >= 15 is 0 Å². The van der Waals surface area contributed by atoms with Crippen molar-refractivity contribution in [3.05, 3.63) is 65.7 Å². The number of hydrogen-bond acceptors (Lipinski definition) is 4.